The van der Waals surface area contributed by atoms with Gasteiger partial charge in [-0.2, -0.15) is 0 Å². The topological polar surface area (TPSA) is 40.5 Å². The minimum atomic E-state index is -1.40. The fourth-order valence-corrected chi connectivity index (χ4v) is 6.22. The summed E-state index contributed by atoms with van der Waals surface area (Å²) in [7, 11) is -1.40. The van der Waals surface area contributed by atoms with Crippen molar-refractivity contribution in [2.45, 2.75) is 105 Å². The van der Waals surface area contributed by atoms with Gasteiger partial charge in [0.25, 0.3) is 0 Å². The number of halogens is 3. The lowest BCUT2D eigenvalue weighted by Gasteiger charge is -2.26. The van der Waals surface area contributed by atoms with Crippen LogP contribution in [0.15, 0.2) is 93.9 Å². The molecular weight excluding hydrogens is 810 g/mol. The Hall–Kier alpha value is -1.45. The molecule has 46 heavy (non-hydrogen) atoms. The van der Waals surface area contributed by atoms with E-state index in [1.54, 1.807) is 0 Å². The van der Waals surface area contributed by atoms with Crippen LogP contribution in [0.5, 0.6) is 0 Å². The van der Waals surface area contributed by atoms with Crippen molar-refractivity contribution in [2.24, 2.45) is 0 Å². The first-order valence-corrected chi connectivity index (χ1v) is 18.4. The van der Waals surface area contributed by atoms with Gasteiger partial charge in [0.15, 0.2) is 0 Å². The molecule has 4 aromatic carbocycles. The Morgan fingerprint density at radius 1 is 0.478 bits per heavy atom. The van der Waals surface area contributed by atoms with E-state index in [-0.39, 0.29) is 21.7 Å². The Morgan fingerprint density at radius 2 is 0.848 bits per heavy atom. The quantitative estimate of drug-likeness (QED) is 0.156. The maximum atomic E-state index is 9.36. The maximum absolute atomic E-state index is 9.36. The average Bonchev–Trinajstić information content (AvgIpc) is 2.91. The fourth-order valence-electron chi connectivity index (χ4n) is 4.45. The van der Waals surface area contributed by atoms with E-state index in [2.05, 4.69) is 198 Å². The summed E-state index contributed by atoms with van der Waals surface area (Å²) in [4.78, 5) is 0. The predicted octanol–water partition coefficient (Wildman–Crippen LogP) is 11.7. The second-order valence-electron chi connectivity index (χ2n) is 16.0. The average molecular weight is 862 g/mol. The third-order valence-electron chi connectivity index (χ3n) is 7.60. The molecule has 0 heterocycles. The Balaban J connectivity index is 0.000000263. The van der Waals surface area contributed by atoms with Gasteiger partial charge in [0.1, 0.15) is 0 Å². The smallest absolute Gasteiger partial charge is 0.423 e. The molecule has 0 amide bonds. The van der Waals surface area contributed by atoms with Crippen LogP contribution in [0.1, 0.15) is 105 Å². The normalized spacial score (nSPS) is 12.0. The van der Waals surface area contributed by atoms with E-state index in [4.69, 9.17) is 0 Å². The van der Waals surface area contributed by atoms with Crippen molar-refractivity contribution < 1.29 is 10.0 Å². The summed E-state index contributed by atoms with van der Waals surface area (Å²) >= 11 is 9.21. The zero-order valence-electron chi connectivity index (χ0n) is 29.7. The molecule has 6 heteroatoms. The highest BCUT2D eigenvalue weighted by atomic mass is 127. The Bertz CT molecular complexity index is 1510. The first-order valence-electron chi connectivity index (χ1n) is 15.7. The fraction of sp³-hybridized carbons (Fsp3) is 0.400. The minimum absolute atomic E-state index is 0.00486. The number of rotatable bonds is 2. The SMILES string of the molecule is Brc1cccc(I)c1.CC(C)(C)c1cc(-c2cccc(Br)c2)cc(C(C)(C)C)c1.CC(C)(C)c1cc(B(O)O)cc(C(C)(C)C)c1. The van der Waals surface area contributed by atoms with E-state index in [0.717, 1.165) is 20.1 Å². The molecule has 0 aliphatic heterocycles. The molecule has 0 saturated heterocycles. The molecule has 4 aromatic rings. The molecule has 0 saturated carbocycles. The van der Waals surface area contributed by atoms with Crippen molar-refractivity contribution in [1.82, 2.24) is 0 Å². The standard InChI is InChI=1S/C20H25Br.C14H23BO2.C6H4BrI/c1-19(2,3)16-10-15(11-17(13-16)20(4,5)6)14-8-7-9-18(21)12-14;1-13(2,3)10-7-11(14(4,5)6)9-12(8-10)15(16)17;7-5-2-1-3-6(8)4-5/h7-13H,1-6H3;7-9,16-17H,1-6H3;1-4H. The highest BCUT2D eigenvalue weighted by molar-refractivity contribution is 14.1. The number of hydrogen-bond acceptors (Lipinski definition) is 2. The van der Waals surface area contributed by atoms with Crippen molar-refractivity contribution in [2.75, 3.05) is 0 Å². The molecule has 0 fully saturated rings. The molecule has 0 unspecified atom stereocenters. The van der Waals surface area contributed by atoms with E-state index in [1.807, 2.05) is 24.3 Å². The van der Waals surface area contributed by atoms with E-state index < -0.39 is 7.12 Å². The van der Waals surface area contributed by atoms with Crippen molar-refractivity contribution in [3.05, 3.63) is 120 Å². The molecule has 0 atom stereocenters. The molecule has 0 spiro atoms. The van der Waals surface area contributed by atoms with Crippen LogP contribution in [-0.4, -0.2) is 17.2 Å². The Morgan fingerprint density at radius 3 is 1.15 bits per heavy atom. The van der Waals surface area contributed by atoms with Gasteiger partial charge in [0.05, 0.1) is 0 Å². The lowest BCUT2D eigenvalue weighted by molar-refractivity contribution is 0.425. The molecule has 0 bridgehead atoms. The van der Waals surface area contributed by atoms with Crippen molar-refractivity contribution in [3.63, 3.8) is 0 Å². The second-order valence-corrected chi connectivity index (χ2v) is 19.0. The Labute approximate surface area is 310 Å². The van der Waals surface area contributed by atoms with Gasteiger partial charge in [-0.3, -0.25) is 0 Å². The highest BCUT2D eigenvalue weighted by Gasteiger charge is 2.24. The van der Waals surface area contributed by atoms with Gasteiger partial charge >= 0.3 is 7.12 Å². The first kappa shape index (κ1) is 40.7. The molecule has 4 rings (SSSR count). The minimum Gasteiger partial charge on any atom is -0.423 e. The molecular formula is C40H52BBr2IO2. The Kier molecular flexibility index (Phi) is 14.4. The summed E-state index contributed by atoms with van der Waals surface area (Å²) in [6, 6.07) is 29.6. The van der Waals surface area contributed by atoms with Gasteiger partial charge in [0, 0.05) is 12.5 Å². The predicted molar refractivity (Wildman–Crippen MR) is 218 cm³/mol. The third-order valence-corrected chi connectivity index (χ3v) is 9.25. The monoisotopic (exact) mass is 860 g/mol. The molecule has 2 nitrogen and oxygen atoms in total. The van der Waals surface area contributed by atoms with Crippen LogP contribution >= 0.6 is 54.5 Å². The van der Waals surface area contributed by atoms with Crippen LogP contribution < -0.4 is 5.46 Å². The lowest BCUT2D eigenvalue weighted by atomic mass is 9.72. The van der Waals surface area contributed by atoms with Gasteiger partial charge in [-0.15, -0.1) is 0 Å². The van der Waals surface area contributed by atoms with Gasteiger partial charge in [-0.25, -0.2) is 0 Å². The van der Waals surface area contributed by atoms with Gasteiger partial charge in [0.2, 0.25) is 0 Å². The van der Waals surface area contributed by atoms with Crippen molar-refractivity contribution in [3.8, 4) is 11.1 Å². The van der Waals surface area contributed by atoms with Gasteiger partial charge in [-0.1, -0.05) is 170 Å². The van der Waals surface area contributed by atoms with Crippen LogP contribution in [0.4, 0.5) is 0 Å². The lowest BCUT2D eigenvalue weighted by Crippen LogP contribution is -2.33. The van der Waals surface area contributed by atoms with Crippen molar-refractivity contribution >= 4 is 67.0 Å². The van der Waals surface area contributed by atoms with Gasteiger partial charge in [-0.05, 0) is 113 Å². The summed E-state index contributed by atoms with van der Waals surface area (Å²) < 4.78 is 3.53. The summed E-state index contributed by atoms with van der Waals surface area (Å²) in [5.74, 6) is 0. The van der Waals surface area contributed by atoms with Crippen LogP contribution in [-0.2, 0) is 21.7 Å². The van der Waals surface area contributed by atoms with Gasteiger partial charge < -0.3 is 10.0 Å². The van der Waals surface area contributed by atoms with E-state index in [9.17, 15) is 10.0 Å². The van der Waals surface area contributed by atoms with Crippen LogP contribution in [0, 0.1) is 3.57 Å². The molecule has 2 N–H and O–H groups in total. The highest BCUT2D eigenvalue weighted by Crippen LogP contribution is 2.34. The van der Waals surface area contributed by atoms with Crippen LogP contribution in [0.3, 0.4) is 0 Å². The molecule has 0 aliphatic rings. The summed E-state index contributed by atoms with van der Waals surface area (Å²) in [5, 5.41) is 18.7. The largest absolute Gasteiger partial charge is 0.488 e. The summed E-state index contributed by atoms with van der Waals surface area (Å²) in [5.41, 5.74) is 8.51. The first-order chi connectivity index (χ1) is 20.9. The molecule has 0 aliphatic carbocycles. The number of benzene rings is 4. The summed E-state index contributed by atoms with van der Waals surface area (Å²) in [6.45, 7) is 26.4. The number of hydrogen-bond donors (Lipinski definition) is 2. The van der Waals surface area contributed by atoms with E-state index in [1.165, 1.54) is 25.8 Å². The van der Waals surface area contributed by atoms with E-state index in [0.29, 0.717) is 5.46 Å². The summed E-state index contributed by atoms with van der Waals surface area (Å²) in [6.07, 6.45) is 0. The molecule has 0 aromatic heterocycles. The van der Waals surface area contributed by atoms with Crippen molar-refractivity contribution in [1.29, 1.82) is 0 Å². The van der Waals surface area contributed by atoms with Crippen LogP contribution in [0.25, 0.3) is 11.1 Å². The molecule has 248 valence electrons. The molecule has 0 radical (unpaired) electrons. The zero-order valence-corrected chi connectivity index (χ0v) is 35.0. The second kappa shape index (κ2) is 16.3. The maximum Gasteiger partial charge on any atom is 0.488 e. The van der Waals surface area contributed by atoms with E-state index >= 15 is 0 Å². The zero-order chi connectivity index (χ0) is 35.3. The third kappa shape index (κ3) is 13.2. The van der Waals surface area contributed by atoms with Crippen LogP contribution in [0.2, 0.25) is 0 Å².